The molecule has 2 amide bonds. The molecule has 1 saturated heterocycles. The summed E-state index contributed by atoms with van der Waals surface area (Å²) < 4.78 is 6.32. The lowest BCUT2D eigenvalue weighted by Gasteiger charge is -2.12. The minimum absolute atomic E-state index is 0.210. The van der Waals surface area contributed by atoms with Gasteiger partial charge in [-0.3, -0.25) is 14.5 Å². The van der Waals surface area contributed by atoms with E-state index in [0.717, 1.165) is 21.8 Å². The molecule has 32 heavy (non-hydrogen) atoms. The van der Waals surface area contributed by atoms with Crippen molar-refractivity contribution in [3.8, 4) is 5.75 Å². The second-order valence-electron chi connectivity index (χ2n) is 6.28. The number of rotatable bonds is 7. The predicted molar refractivity (Wildman–Crippen MR) is 134 cm³/mol. The van der Waals surface area contributed by atoms with Gasteiger partial charge in [-0.2, -0.15) is 0 Å². The molecule has 3 rings (SSSR count). The zero-order chi connectivity index (χ0) is 23.3. The maximum absolute atomic E-state index is 12.8. The minimum atomic E-state index is -0.545. The van der Waals surface area contributed by atoms with Crippen LogP contribution in [0.25, 0.3) is 6.08 Å². The molecule has 0 aliphatic carbocycles. The van der Waals surface area contributed by atoms with Crippen molar-refractivity contribution in [3.63, 3.8) is 0 Å². The second-order valence-corrected chi connectivity index (χ2v) is 9.43. The molecule has 2 aromatic rings. The Bertz CT molecular complexity index is 1120. The standard InChI is InChI=1S/C21H15BrCl3N3O3S/c1-2-7-28-20(30)18(8-12-3-5-13(22)6-4-12)32-21(28)27-26-19(29)11-31-17-10-15(24)14(23)9-16(17)25/h2-6,8-10H,1,7,11H2,(H,26,29)/b18-8-,27-21+. The fourth-order valence-electron chi connectivity index (χ4n) is 2.49. The molecule has 0 saturated carbocycles. The van der Waals surface area contributed by atoms with E-state index in [2.05, 4.69) is 33.0 Å². The third kappa shape index (κ3) is 6.30. The Balaban J connectivity index is 1.68. The van der Waals surface area contributed by atoms with Crippen LogP contribution in [0.4, 0.5) is 0 Å². The van der Waals surface area contributed by atoms with Gasteiger partial charge in [-0.1, -0.05) is 68.9 Å². The molecule has 0 atom stereocenters. The molecule has 1 fully saturated rings. The van der Waals surface area contributed by atoms with Gasteiger partial charge in [0, 0.05) is 17.1 Å². The van der Waals surface area contributed by atoms with Gasteiger partial charge >= 0.3 is 0 Å². The van der Waals surface area contributed by atoms with Crippen molar-refractivity contribution in [2.75, 3.05) is 13.2 Å². The van der Waals surface area contributed by atoms with Gasteiger partial charge < -0.3 is 4.74 Å². The van der Waals surface area contributed by atoms with Gasteiger partial charge in [0.2, 0.25) is 0 Å². The molecule has 2 aromatic carbocycles. The summed E-state index contributed by atoms with van der Waals surface area (Å²) in [6.45, 7) is 3.55. The largest absolute Gasteiger partial charge is 0.482 e. The zero-order valence-corrected chi connectivity index (χ0v) is 20.9. The van der Waals surface area contributed by atoms with Gasteiger partial charge in [0.1, 0.15) is 5.75 Å². The highest BCUT2D eigenvalue weighted by Gasteiger charge is 2.32. The summed E-state index contributed by atoms with van der Waals surface area (Å²) in [4.78, 5) is 26.8. The number of amidine groups is 1. The Labute approximate surface area is 212 Å². The maximum Gasteiger partial charge on any atom is 0.278 e. The summed E-state index contributed by atoms with van der Waals surface area (Å²) in [5, 5.41) is 5.13. The van der Waals surface area contributed by atoms with E-state index in [0.29, 0.717) is 10.1 Å². The van der Waals surface area contributed by atoms with Gasteiger partial charge in [-0.25, -0.2) is 5.43 Å². The maximum atomic E-state index is 12.8. The quantitative estimate of drug-likeness (QED) is 0.191. The first kappa shape index (κ1) is 24.7. The first-order chi connectivity index (χ1) is 15.3. The van der Waals surface area contributed by atoms with Crippen LogP contribution in [0, 0.1) is 0 Å². The fourth-order valence-corrected chi connectivity index (χ4v) is 4.30. The Morgan fingerprint density at radius 2 is 1.88 bits per heavy atom. The van der Waals surface area contributed by atoms with Crippen LogP contribution in [0.15, 0.2) is 63.5 Å². The summed E-state index contributed by atoms with van der Waals surface area (Å²) in [5.41, 5.74) is 3.24. The van der Waals surface area contributed by atoms with E-state index >= 15 is 0 Å². The van der Waals surface area contributed by atoms with Crippen molar-refractivity contribution in [2.24, 2.45) is 5.10 Å². The molecule has 0 bridgehead atoms. The molecule has 166 valence electrons. The van der Waals surface area contributed by atoms with Gasteiger partial charge in [0.25, 0.3) is 11.8 Å². The van der Waals surface area contributed by atoms with Crippen molar-refractivity contribution >= 4 is 85.6 Å². The van der Waals surface area contributed by atoms with E-state index in [1.165, 1.54) is 17.0 Å². The summed E-state index contributed by atoms with van der Waals surface area (Å²) in [6, 6.07) is 10.4. The predicted octanol–water partition coefficient (Wildman–Crippen LogP) is 5.98. The lowest BCUT2D eigenvalue weighted by atomic mass is 10.2. The number of nitrogens with one attached hydrogen (secondary N) is 1. The van der Waals surface area contributed by atoms with Crippen molar-refractivity contribution in [1.29, 1.82) is 0 Å². The highest BCUT2D eigenvalue weighted by molar-refractivity contribution is 9.10. The molecule has 11 heteroatoms. The average molecular weight is 576 g/mol. The molecule has 0 spiro atoms. The molecule has 0 radical (unpaired) electrons. The Morgan fingerprint density at radius 1 is 1.19 bits per heavy atom. The third-order valence-electron chi connectivity index (χ3n) is 3.98. The lowest BCUT2D eigenvalue weighted by Crippen LogP contribution is -2.32. The van der Waals surface area contributed by atoms with Crippen LogP contribution in [0.1, 0.15) is 5.56 Å². The van der Waals surface area contributed by atoms with Gasteiger partial charge in [-0.15, -0.1) is 11.7 Å². The average Bonchev–Trinajstić information content (AvgIpc) is 3.05. The van der Waals surface area contributed by atoms with Crippen LogP contribution in [0.2, 0.25) is 15.1 Å². The smallest absolute Gasteiger partial charge is 0.278 e. The summed E-state index contributed by atoms with van der Waals surface area (Å²) in [7, 11) is 0. The van der Waals surface area contributed by atoms with Crippen LogP contribution in [-0.4, -0.2) is 35.0 Å². The summed E-state index contributed by atoms with van der Waals surface area (Å²) in [5.74, 6) is -0.566. The topological polar surface area (TPSA) is 71.0 Å². The lowest BCUT2D eigenvalue weighted by molar-refractivity contribution is -0.123. The van der Waals surface area contributed by atoms with Gasteiger partial charge in [0.05, 0.1) is 20.0 Å². The first-order valence-corrected chi connectivity index (χ1v) is 11.7. The molecule has 0 unspecified atom stereocenters. The SMILES string of the molecule is C=CCN1C(=O)/C(=C/c2ccc(Br)cc2)S/C1=N/NC(=O)COc1cc(Cl)c(Cl)cc1Cl. The molecule has 1 heterocycles. The van der Waals surface area contributed by atoms with Crippen molar-refractivity contribution in [3.05, 3.63) is 79.1 Å². The van der Waals surface area contributed by atoms with Crippen molar-refractivity contribution < 1.29 is 14.3 Å². The Hall–Kier alpha value is -1.97. The molecule has 1 aliphatic rings. The Morgan fingerprint density at radius 3 is 2.56 bits per heavy atom. The van der Waals surface area contributed by atoms with Crippen LogP contribution in [0.3, 0.4) is 0 Å². The third-order valence-corrected chi connectivity index (χ3v) is 6.53. The molecular weight excluding hydrogens is 561 g/mol. The van der Waals surface area contributed by atoms with Crippen molar-refractivity contribution in [2.45, 2.75) is 0 Å². The van der Waals surface area contributed by atoms with Crippen LogP contribution < -0.4 is 10.2 Å². The number of benzene rings is 2. The number of carbonyl (C=O) groups is 2. The fraction of sp³-hybridized carbons (Fsp3) is 0.0952. The van der Waals surface area contributed by atoms with Gasteiger partial charge in [-0.05, 0) is 41.6 Å². The minimum Gasteiger partial charge on any atom is -0.482 e. The van der Waals surface area contributed by atoms with Gasteiger partial charge in [0.15, 0.2) is 11.8 Å². The van der Waals surface area contributed by atoms with Crippen LogP contribution >= 0.6 is 62.5 Å². The highest BCUT2D eigenvalue weighted by atomic mass is 79.9. The number of thioether (sulfide) groups is 1. The molecule has 1 N–H and O–H groups in total. The van der Waals surface area contributed by atoms with E-state index in [1.54, 1.807) is 12.2 Å². The summed E-state index contributed by atoms with van der Waals surface area (Å²) in [6.07, 6.45) is 3.34. The second kappa shape index (κ2) is 11.2. The molecular formula is C21H15BrCl3N3O3S. The zero-order valence-electron chi connectivity index (χ0n) is 16.3. The van der Waals surface area contributed by atoms with Crippen LogP contribution in [-0.2, 0) is 9.59 Å². The normalized spacial score (nSPS) is 16.0. The van der Waals surface area contributed by atoms with Crippen molar-refractivity contribution in [1.82, 2.24) is 10.3 Å². The van der Waals surface area contributed by atoms with E-state index in [1.807, 2.05) is 24.3 Å². The number of hydrazone groups is 1. The monoisotopic (exact) mass is 573 g/mol. The molecule has 6 nitrogen and oxygen atoms in total. The van der Waals surface area contributed by atoms with E-state index in [9.17, 15) is 9.59 Å². The van der Waals surface area contributed by atoms with E-state index < -0.39 is 5.91 Å². The molecule has 0 aromatic heterocycles. The number of hydrogen-bond acceptors (Lipinski definition) is 5. The first-order valence-electron chi connectivity index (χ1n) is 9.00. The number of amides is 2. The Kier molecular flexibility index (Phi) is 8.67. The van der Waals surface area contributed by atoms with E-state index in [4.69, 9.17) is 39.5 Å². The van der Waals surface area contributed by atoms with E-state index in [-0.39, 0.29) is 39.9 Å². The summed E-state index contributed by atoms with van der Waals surface area (Å²) >= 11 is 22.4. The molecule has 1 aliphatic heterocycles. The number of hydrogen-bond donors (Lipinski definition) is 1. The highest BCUT2D eigenvalue weighted by Crippen LogP contribution is 2.34. The van der Waals surface area contributed by atoms with Crippen LogP contribution in [0.5, 0.6) is 5.75 Å². The number of nitrogens with zero attached hydrogens (tertiary/aromatic N) is 2. The number of carbonyl (C=O) groups excluding carboxylic acids is 2. The number of halogens is 4. The number of ether oxygens (including phenoxy) is 1.